The van der Waals surface area contributed by atoms with Gasteiger partial charge in [-0.3, -0.25) is 4.79 Å². The van der Waals surface area contributed by atoms with E-state index >= 15 is 0 Å². The molecule has 0 bridgehead atoms. The fourth-order valence-electron chi connectivity index (χ4n) is 2.59. The van der Waals surface area contributed by atoms with Crippen LogP contribution < -0.4 is 11.2 Å². The predicted molar refractivity (Wildman–Crippen MR) is 110 cm³/mol. The predicted octanol–water partition coefficient (Wildman–Crippen LogP) is 3.83. The molecule has 146 valence electrons. The molecule has 0 atom stereocenters. The summed E-state index contributed by atoms with van der Waals surface area (Å²) in [5, 5.41) is 11.3. The van der Waals surface area contributed by atoms with Crippen molar-refractivity contribution in [3.63, 3.8) is 0 Å². The normalized spacial score (nSPS) is 11.4. The van der Waals surface area contributed by atoms with Gasteiger partial charge in [0.15, 0.2) is 5.82 Å². The van der Waals surface area contributed by atoms with Crippen molar-refractivity contribution >= 4 is 23.4 Å². The molecular weight excluding hydrogens is 377 g/mol. The molecule has 3 rings (SSSR count). The minimum Gasteiger partial charge on any atom is -0.335 e. The standard InChI is InChI=1S/C20H22FN5OS/c1-20(2,3)14-9-7-13(8-10-14)18-24-25-19(26(18)22)28-12-17(27)23-16-6-4-5-15(21)11-16/h4-11H,12,22H2,1-3H3,(H,23,27). The van der Waals surface area contributed by atoms with Gasteiger partial charge in [0, 0.05) is 11.3 Å². The number of rotatable bonds is 5. The van der Waals surface area contributed by atoms with Crippen LogP contribution in [0, 0.1) is 5.82 Å². The monoisotopic (exact) mass is 399 g/mol. The van der Waals surface area contributed by atoms with E-state index in [0.717, 1.165) is 17.3 Å². The number of benzene rings is 2. The molecule has 0 spiro atoms. The molecule has 1 aromatic heterocycles. The summed E-state index contributed by atoms with van der Waals surface area (Å²) in [6.07, 6.45) is 0. The summed E-state index contributed by atoms with van der Waals surface area (Å²) in [5.41, 5.74) is 2.52. The average molecular weight is 399 g/mol. The molecule has 1 amide bonds. The second kappa shape index (κ2) is 8.02. The molecule has 2 aromatic carbocycles. The molecule has 0 saturated heterocycles. The fourth-order valence-corrected chi connectivity index (χ4v) is 3.24. The highest BCUT2D eigenvalue weighted by Crippen LogP contribution is 2.26. The number of aromatic nitrogens is 3. The number of nitrogens with zero attached hydrogens (tertiary/aromatic N) is 3. The van der Waals surface area contributed by atoms with Crippen LogP contribution in [0.3, 0.4) is 0 Å². The Morgan fingerprint density at radius 2 is 1.89 bits per heavy atom. The highest BCUT2D eigenvalue weighted by atomic mass is 32.2. The Morgan fingerprint density at radius 1 is 1.18 bits per heavy atom. The molecule has 28 heavy (non-hydrogen) atoms. The van der Waals surface area contributed by atoms with Crippen molar-refractivity contribution in [3.05, 3.63) is 59.9 Å². The van der Waals surface area contributed by atoms with Crippen LogP contribution in [0.2, 0.25) is 0 Å². The van der Waals surface area contributed by atoms with Crippen LogP contribution in [0.25, 0.3) is 11.4 Å². The number of carbonyl (C=O) groups excluding carboxylic acids is 1. The van der Waals surface area contributed by atoms with Crippen LogP contribution in [0.5, 0.6) is 0 Å². The fraction of sp³-hybridized carbons (Fsp3) is 0.250. The summed E-state index contributed by atoms with van der Waals surface area (Å²) in [5.74, 6) is 6.02. The topological polar surface area (TPSA) is 85.8 Å². The first kappa shape index (κ1) is 19.9. The van der Waals surface area contributed by atoms with Crippen molar-refractivity contribution in [2.24, 2.45) is 0 Å². The summed E-state index contributed by atoms with van der Waals surface area (Å²) in [4.78, 5) is 12.1. The van der Waals surface area contributed by atoms with E-state index < -0.39 is 5.82 Å². The van der Waals surface area contributed by atoms with Gasteiger partial charge in [0.2, 0.25) is 11.1 Å². The van der Waals surface area contributed by atoms with Crippen LogP contribution >= 0.6 is 11.8 Å². The average Bonchev–Trinajstić information content (AvgIpc) is 3.00. The number of hydrogen-bond acceptors (Lipinski definition) is 5. The van der Waals surface area contributed by atoms with Crippen LogP contribution in [-0.4, -0.2) is 26.5 Å². The number of hydrogen-bond donors (Lipinski definition) is 2. The molecular formula is C20H22FN5OS. The Bertz CT molecular complexity index is 979. The first-order valence-electron chi connectivity index (χ1n) is 8.73. The van der Waals surface area contributed by atoms with Gasteiger partial charge in [-0.15, -0.1) is 10.2 Å². The molecule has 0 aliphatic rings. The van der Waals surface area contributed by atoms with Gasteiger partial charge in [-0.1, -0.05) is 62.9 Å². The van der Waals surface area contributed by atoms with Gasteiger partial charge in [0.25, 0.3) is 0 Å². The highest BCUT2D eigenvalue weighted by molar-refractivity contribution is 7.99. The Morgan fingerprint density at radius 3 is 2.54 bits per heavy atom. The Balaban J connectivity index is 1.65. The summed E-state index contributed by atoms with van der Waals surface area (Å²) in [7, 11) is 0. The van der Waals surface area contributed by atoms with Gasteiger partial charge in [0.05, 0.1) is 5.75 Å². The maximum atomic E-state index is 13.2. The lowest BCUT2D eigenvalue weighted by atomic mass is 9.87. The SMILES string of the molecule is CC(C)(C)c1ccc(-c2nnc(SCC(=O)Nc3cccc(F)c3)n2N)cc1. The quantitative estimate of drug-likeness (QED) is 0.503. The largest absolute Gasteiger partial charge is 0.335 e. The van der Waals surface area contributed by atoms with Gasteiger partial charge in [-0.05, 0) is 29.2 Å². The van der Waals surface area contributed by atoms with Crippen LogP contribution in [0.1, 0.15) is 26.3 Å². The van der Waals surface area contributed by atoms with Gasteiger partial charge in [-0.2, -0.15) is 0 Å². The lowest BCUT2D eigenvalue weighted by Gasteiger charge is -2.19. The van der Waals surface area contributed by atoms with Crippen LogP contribution in [0.4, 0.5) is 10.1 Å². The first-order chi connectivity index (χ1) is 13.2. The number of amides is 1. The van der Waals surface area contributed by atoms with Crippen molar-refractivity contribution in [1.82, 2.24) is 14.9 Å². The zero-order valence-electron chi connectivity index (χ0n) is 15.9. The van der Waals surface area contributed by atoms with E-state index in [9.17, 15) is 9.18 Å². The third-order valence-electron chi connectivity index (χ3n) is 4.11. The van der Waals surface area contributed by atoms with Gasteiger partial charge >= 0.3 is 0 Å². The molecule has 0 saturated carbocycles. The summed E-state index contributed by atoms with van der Waals surface area (Å²) in [6, 6.07) is 13.7. The lowest BCUT2D eigenvalue weighted by Crippen LogP contribution is -2.16. The molecule has 0 aliphatic carbocycles. The van der Waals surface area contributed by atoms with Crippen molar-refractivity contribution in [3.8, 4) is 11.4 Å². The van der Waals surface area contributed by atoms with Crippen molar-refractivity contribution < 1.29 is 9.18 Å². The Kier molecular flexibility index (Phi) is 5.69. The minimum atomic E-state index is -0.408. The second-order valence-electron chi connectivity index (χ2n) is 7.35. The molecule has 3 aromatic rings. The Labute approximate surface area is 167 Å². The number of thioether (sulfide) groups is 1. The number of nitrogens with two attached hydrogens (primary N) is 1. The van der Waals surface area contributed by atoms with Crippen LogP contribution in [0.15, 0.2) is 53.7 Å². The zero-order valence-corrected chi connectivity index (χ0v) is 16.8. The highest BCUT2D eigenvalue weighted by Gasteiger charge is 2.16. The molecule has 0 fully saturated rings. The van der Waals surface area contributed by atoms with E-state index in [2.05, 4.69) is 36.3 Å². The number of nitrogens with one attached hydrogen (secondary N) is 1. The third-order valence-corrected chi connectivity index (χ3v) is 5.06. The summed E-state index contributed by atoms with van der Waals surface area (Å²) >= 11 is 1.16. The van der Waals surface area contributed by atoms with E-state index in [1.54, 1.807) is 6.07 Å². The van der Waals surface area contributed by atoms with Crippen molar-refractivity contribution in [1.29, 1.82) is 0 Å². The molecule has 0 aliphatic heterocycles. The maximum absolute atomic E-state index is 13.2. The van der Waals surface area contributed by atoms with Gasteiger partial charge in [0.1, 0.15) is 5.82 Å². The molecule has 6 nitrogen and oxygen atoms in total. The van der Waals surface area contributed by atoms with Crippen molar-refractivity contribution in [2.75, 3.05) is 16.9 Å². The summed E-state index contributed by atoms with van der Waals surface area (Å²) in [6.45, 7) is 6.45. The number of carbonyl (C=O) groups is 1. The second-order valence-corrected chi connectivity index (χ2v) is 8.29. The number of halogens is 1. The van der Waals surface area contributed by atoms with E-state index in [1.807, 2.05) is 24.3 Å². The smallest absolute Gasteiger partial charge is 0.234 e. The first-order valence-corrected chi connectivity index (χ1v) is 9.72. The van der Waals surface area contributed by atoms with E-state index in [-0.39, 0.29) is 17.1 Å². The lowest BCUT2D eigenvalue weighted by molar-refractivity contribution is -0.113. The molecule has 0 radical (unpaired) electrons. The van der Waals surface area contributed by atoms with Crippen LogP contribution in [-0.2, 0) is 10.2 Å². The van der Waals surface area contributed by atoms with Crippen molar-refractivity contribution in [2.45, 2.75) is 31.3 Å². The van der Waals surface area contributed by atoms with Gasteiger partial charge in [-0.25, -0.2) is 9.07 Å². The molecule has 1 heterocycles. The maximum Gasteiger partial charge on any atom is 0.234 e. The summed E-state index contributed by atoms with van der Waals surface area (Å²) < 4.78 is 14.5. The zero-order chi connectivity index (χ0) is 20.3. The Hall–Kier alpha value is -2.87. The molecule has 3 N–H and O–H groups in total. The van der Waals surface area contributed by atoms with E-state index in [4.69, 9.17) is 5.84 Å². The molecule has 8 heteroatoms. The number of anilines is 1. The number of nitrogen functional groups attached to an aromatic ring is 1. The minimum absolute atomic E-state index is 0.0605. The van der Waals surface area contributed by atoms with E-state index in [1.165, 1.54) is 28.4 Å². The van der Waals surface area contributed by atoms with Gasteiger partial charge < -0.3 is 11.2 Å². The third kappa shape index (κ3) is 4.69. The van der Waals surface area contributed by atoms with E-state index in [0.29, 0.717) is 16.7 Å². The molecule has 0 unspecified atom stereocenters.